The molecule has 0 bridgehead atoms. The van der Waals surface area contributed by atoms with E-state index in [4.69, 9.17) is 9.72 Å². The number of carbonyl (C=O) groups is 1. The normalized spacial score (nSPS) is 12.1. The Morgan fingerprint density at radius 3 is 2.75 bits per heavy atom. The Balaban J connectivity index is 1.40. The van der Waals surface area contributed by atoms with Crippen molar-refractivity contribution in [3.8, 4) is 5.75 Å². The van der Waals surface area contributed by atoms with Crippen LogP contribution in [0.5, 0.6) is 5.75 Å². The summed E-state index contributed by atoms with van der Waals surface area (Å²) in [6, 6.07) is 14.4. The fraction of sp³-hybridized carbons (Fsp3) is 0.481. The van der Waals surface area contributed by atoms with Gasteiger partial charge < -0.3 is 14.6 Å². The van der Waals surface area contributed by atoms with Crippen LogP contribution in [0, 0.1) is 19.8 Å². The van der Waals surface area contributed by atoms with Gasteiger partial charge in [0.1, 0.15) is 11.6 Å². The van der Waals surface area contributed by atoms with Crippen molar-refractivity contribution in [1.82, 2.24) is 14.9 Å². The molecule has 172 valence electrons. The summed E-state index contributed by atoms with van der Waals surface area (Å²) >= 11 is 0. The fourth-order valence-corrected chi connectivity index (χ4v) is 3.83. The van der Waals surface area contributed by atoms with E-state index in [-0.39, 0.29) is 12.5 Å². The van der Waals surface area contributed by atoms with Crippen molar-refractivity contribution >= 4 is 16.9 Å². The third-order valence-electron chi connectivity index (χ3n) is 6.03. The van der Waals surface area contributed by atoms with E-state index in [0.29, 0.717) is 12.5 Å². The number of nitrogens with one attached hydrogen (secondary N) is 1. The number of fused-ring (bicyclic) bond motifs is 1. The maximum atomic E-state index is 12.1. The van der Waals surface area contributed by atoms with Gasteiger partial charge in [-0.25, -0.2) is 4.98 Å². The van der Waals surface area contributed by atoms with Gasteiger partial charge in [0.25, 0.3) is 5.91 Å². The third-order valence-corrected chi connectivity index (χ3v) is 6.03. The number of nitrogens with zero attached hydrogens (tertiary/aromatic N) is 2. The number of hydrogen-bond donors (Lipinski definition) is 1. The third kappa shape index (κ3) is 6.59. The largest absolute Gasteiger partial charge is 0.483 e. The summed E-state index contributed by atoms with van der Waals surface area (Å²) in [6.45, 7) is 10.3. The number of carbonyl (C=O) groups excluding carboxylic acids is 1. The second-order valence-corrected chi connectivity index (χ2v) is 8.86. The molecule has 3 rings (SSSR count). The van der Waals surface area contributed by atoms with E-state index < -0.39 is 0 Å². The molecular weight excluding hydrogens is 398 g/mol. The first-order valence-corrected chi connectivity index (χ1v) is 11.9. The van der Waals surface area contributed by atoms with Crippen LogP contribution in [0.4, 0.5) is 0 Å². The fourth-order valence-electron chi connectivity index (χ4n) is 3.83. The van der Waals surface area contributed by atoms with E-state index in [0.717, 1.165) is 54.6 Å². The number of hydrogen-bond acceptors (Lipinski definition) is 3. The molecule has 32 heavy (non-hydrogen) atoms. The lowest BCUT2D eigenvalue weighted by Crippen LogP contribution is -2.29. The van der Waals surface area contributed by atoms with Gasteiger partial charge in [-0.3, -0.25) is 4.79 Å². The van der Waals surface area contributed by atoms with Crippen LogP contribution in [0.25, 0.3) is 11.0 Å². The second-order valence-electron chi connectivity index (χ2n) is 8.86. The van der Waals surface area contributed by atoms with Gasteiger partial charge in [0.2, 0.25) is 0 Å². The minimum Gasteiger partial charge on any atom is -0.483 e. The minimum atomic E-state index is -0.0683. The molecule has 0 radical (unpaired) electrons. The van der Waals surface area contributed by atoms with Gasteiger partial charge in [0, 0.05) is 19.5 Å². The smallest absolute Gasteiger partial charge is 0.257 e. The molecule has 0 saturated heterocycles. The summed E-state index contributed by atoms with van der Waals surface area (Å²) in [7, 11) is 0. The lowest BCUT2D eigenvalue weighted by molar-refractivity contribution is -0.123. The average molecular weight is 436 g/mol. The van der Waals surface area contributed by atoms with Gasteiger partial charge in [0.15, 0.2) is 6.61 Å². The van der Waals surface area contributed by atoms with Gasteiger partial charge in [-0.2, -0.15) is 0 Å². The number of unbranched alkanes of at least 4 members (excludes halogenated alkanes) is 2. The topological polar surface area (TPSA) is 56.2 Å². The van der Waals surface area contributed by atoms with Crippen molar-refractivity contribution in [2.24, 2.45) is 5.92 Å². The second kappa shape index (κ2) is 11.7. The molecule has 1 heterocycles. The van der Waals surface area contributed by atoms with Crippen molar-refractivity contribution in [3.63, 3.8) is 0 Å². The number of aryl methyl sites for hydroxylation is 3. The number of para-hydroxylation sites is 2. The molecule has 1 amide bonds. The Morgan fingerprint density at radius 1 is 1.12 bits per heavy atom. The molecule has 1 unspecified atom stereocenters. The Morgan fingerprint density at radius 2 is 1.94 bits per heavy atom. The molecular formula is C27H37N3O2. The SMILES string of the molecule is CCC(C)Cn1c(CCCCCNC(=O)COc2cc(C)ccc2C)nc2ccccc21. The molecule has 2 aromatic carbocycles. The number of imidazole rings is 1. The number of benzene rings is 2. The van der Waals surface area contributed by atoms with Crippen LogP contribution in [0.1, 0.15) is 56.5 Å². The average Bonchev–Trinajstić information content (AvgIpc) is 3.13. The van der Waals surface area contributed by atoms with Gasteiger partial charge >= 0.3 is 0 Å². The standard InChI is InChI=1S/C27H37N3O2/c1-5-20(2)18-30-24-12-9-8-11-23(24)29-26(30)13-7-6-10-16-28-27(31)19-32-25-17-21(3)14-15-22(25)4/h8-9,11-12,14-15,17,20H,5-7,10,13,16,18-19H2,1-4H3,(H,28,31). The Kier molecular flexibility index (Phi) is 8.72. The van der Waals surface area contributed by atoms with E-state index in [2.05, 4.69) is 48.0 Å². The Labute approximate surface area is 192 Å². The first-order chi connectivity index (χ1) is 15.5. The monoisotopic (exact) mass is 435 g/mol. The summed E-state index contributed by atoms with van der Waals surface area (Å²) < 4.78 is 8.07. The van der Waals surface area contributed by atoms with E-state index in [1.54, 1.807) is 0 Å². The molecule has 5 nitrogen and oxygen atoms in total. The molecule has 5 heteroatoms. The number of rotatable bonds is 12. The minimum absolute atomic E-state index is 0.0595. The van der Waals surface area contributed by atoms with E-state index in [9.17, 15) is 4.79 Å². The highest BCUT2D eigenvalue weighted by atomic mass is 16.5. The van der Waals surface area contributed by atoms with Crippen LogP contribution in [0.3, 0.4) is 0 Å². The molecule has 1 aromatic heterocycles. The van der Waals surface area contributed by atoms with Gasteiger partial charge in [-0.15, -0.1) is 0 Å². The first kappa shape index (κ1) is 23.8. The van der Waals surface area contributed by atoms with Crippen LogP contribution in [0.2, 0.25) is 0 Å². The van der Waals surface area contributed by atoms with Crippen molar-refractivity contribution in [3.05, 3.63) is 59.4 Å². The zero-order valence-corrected chi connectivity index (χ0v) is 20.0. The molecule has 0 fully saturated rings. The molecule has 1 atom stereocenters. The highest BCUT2D eigenvalue weighted by Crippen LogP contribution is 2.21. The predicted octanol–water partition coefficient (Wildman–Crippen LogP) is 5.61. The van der Waals surface area contributed by atoms with Crippen LogP contribution in [-0.2, 0) is 17.8 Å². The molecule has 0 saturated carbocycles. The quantitative estimate of drug-likeness (QED) is 0.376. The molecule has 0 aliphatic rings. The summed E-state index contributed by atoms with van der Waals surface area (Å²) in [5, 5.41) is 2.97. The lowest BCUT2D eigenvalue weighted by atomic mass is 10.1. The van der Waals surface area contributed by atoms with E-state index >= 15 is 0 Å². The molecule has 0 spiro atoms. The van der Waals surface area contributed by atoms with Gasteiger partial charge in [-0.05, 0) is 61.9 Å². The van der Waals surface area contributed by atoms with Crippen LogP contribution >= 0.6 is 0 Å². The lowest BCUT2D eigenvalue weighted by Gasteiger charge is -2.14. The van der Waals surface area contributed by atoms with Crippen molar-refractivity contribution in [2.75, 3.05) is 13.2 Å². The zero-order chi connectivity index (χ0) is 22.9. The summed E-state index contributed by atoms with van der Waals surface area (Å²) in [4.78, 5) is 17.0. The van der Waals surface area contributed by atoms with E-state index in [1.807, 2.05) is 32.0 Å². The molecule has 0 aliphatic carbocycles. The van der Waals surface area contributed by atoms with Crippen LogP contribution in [-0.4, -0.2) is 28.6 Å². The summed E-state index contributed by atoms with van der Waals surface area (Å²) in [5.74, 6) is 2.52. The maximum absolute atomic E-state index is 12.1. The molecule has 3 aromatic rings. The Bertz CT molecular complexity index is 1020. The maximum Gasteiger partial charge on any atom is 0.257 e. The van der Waals surface area contributed by atoms with Crippen molar-refractivity contribution in [1.29, 1.82) is 0 Å². The number of ether oxygens (including phenoxy) is 1. The highest BCUT2D eigenvalue weighted by Gasteiger charge is 2.12. The summed E-state index contributed by atoms with van der Waals surface area (Å²) in [5.41, 5.74) is 4.49. The van der Waals surface area contributed by atoms with Gasteiger partial charge in [0.05, 0.1) is 11.0 Å². The summed E-state index contributed by atoms with van der Waals surface area (Å²) in [6.07, 6.45) is 5.22. The van der Waals surface area contributed by atoms with Crippen LogP contribution < -0.4 is 10.1 Å². The molecule has 1 N–H and O–H groups in total. The predicted molar refractivity (Wildman–Crippen MR) is 131 cm³/mol. The van der Waals surface area contributed by atoms with Gasteiger partial charge in [-0.1, -0.05) is 51.0 Å². The Hall–Kier alpha value is -2.82. The zero-order valence-electron chi connectivity index (χ0n) is 20.0. The van der Waals surface area contributed by atoms with Crippen LogP contribution in [0.15, 0.2) is 42.5 Å². The first-order valence-electron chi connectivity index (χ1n) is 11.9. The number of aromatic nitrogens is 2. The molecule has 0 aliphatic heterocycles. The van der Waals surface area contributed by atoms with Crippen molar-refractivity contribution in [2.45, 2.75) is 66.3 Å². The number of amides is 1. The van der Waals surface area contributed by atoms with E-state index in [1.165, 1.54) is 17.8 Å². The highest BCUT2D eigenvalue weighted by molar-refractivity contribution is 5.77. The van der Waals surface area contributed by atoms with Crippen molar-refractivity contribution < 1.29 is 9.53 Å².